The van der Waals surface area contributed by atoms with E-state index in [0.717, 1.165) is 49.0 Å². The molecule has 0 saturated carbocycles. The molecule has 0 amide bonds. The van der Waals surface area contributed by atoms with Gasteiger partial charge in [-0.2, -0.15) is 16.7 Å². The van der Waals surface area contributed by atoms with Gasteiger partial charge in [-0.1, -0.05) is 32.9 Å². The number of aromatic nitrogens is 2. The number of nitrogens with two attached hydrogens (primary N) is 1. The molecule has 1 heterocycles. The zero-order valence-electron chi connectivity index (χ0n) is 12.6. The Morgan fingerprint density at radius 1 is 1.32 bits per heavy atom. The van der Waals surface area contributed by atoms with Gasteiger partial charge < -0.3 is 10.3 Å². The number of nitrogens with zero attached hydrogens (tertiary/aromatic N) is 2. The lowest BCUT2D eigenvalue weighted by atomic mass is 9.76. The molecule has 0 radical (unpaired) electrons. The first-order chi connectivity index (χ1) is 8.97. The molecule has 2 N–H and O–H groups in total. The summed E-state index contributed by atoms with van der Waals surface area (Å²) >= 11 is 1.81. The molecule has 0 aliphatic rings. The van der Waals surface area contributed by atoms with Gasteiger partial charge in [-0.3, -0.25) is 0 Å². The zero-order valence-corrected chi connectivity index (χ0v) is 13.4. The molecule has 19 heavy (non-hydrogen) atoms. The Labute approximate surface area is 120 Å². The predicted octanol–water partition coefficient (Wildman–Crippen LogP) is 3.27. The summed E-state index contributed by atoms with van der Waals surface area (Å²) < 4.78 is 5.30. The summed E-state index contributed by atoms with van der Waals surface area (Å²) in [6.45, 7) is 9.68. The first-order valence-corrected chi connectivity index (χ1v) is 8.22. The summed E-state index contributed by atoms with van der Waals surface area (Å²) in [7, 11) is 0. The molecule has 1 unspecified atom stereocenters. The van der Waals surface area contributed by atoms with Gasteiger partial charge in [0.15, 0.2) is 5.82 Å². The number of hydrogen-bond acceptors (Lipinski definition) is 5. The number of rotatable bonds is 8. The third-order valence-corrected chi connectivity index (χ3v) is 4.26. The van der Waals surface area contributed by atoms with Crippen LogP contribution in [0.5, 0.6) is 0 Å². The molecule has 1 rings (SSSR count). The van der Waals surface area contributed by atoms with Crippen LogP contribution in [0.2, 0.25) is 0 Å². The van der Waals surface area contributed by atoms with Crippen molar-refractivity contribution in [3.63, 3.8) is 0 Å². The quantitative estimate of drug-likeness (QED) is 0.794. The molecular weight excluding hydrogens is 258 g/mol. The lowest BCUT2D eigenvalue weighted by Gasteiger charge is -2.30. The summed E-state index contributed by atoms with van der Waals surface area (Å²) in [5, 5.41) is 4.01. The van der Waals surface area contributed by atoms with Gasteiger partial charge in [0.2, 0.25) is 5.89 Å². The molecule has 1 atom stereocenters. The Morgan fingerprint density at radius 3 is 2.63 bits per heavy atom. The van der Waals surface area contributed by atoms with Crippen LogP contribution in [0.1, 0.15) is 52.3 Å². The topological polar surface area (TPSA) is 64.9 Å². The molecule has 1 aromatic heterocycles. The van der Waals surface area contributed by atoms with Crippen LogP contribution in [-0.2, 0) is 12.2 Å². The van der Waals surface area contributed by atoms with Crippen molar-refractivity contribution in [1.82, 2.24) is 10.1 Å². The van der Waals surface area contributed by atoms with E-state index >= 15 is 0 Å². The minimum atomic E-state index is 0.278. The Hall–Kier alpha value is -0.550. The Kier molecular flexibility index (Phi) is 6.86. The summed E-state index contributed by atoms with van der Waals surface area (Å²) in [5.41, 5.74) is 5.98. The number of thioether (sulfide) groups is 1. The molecule has 0 aliphatic carbocycles. The van der Waals surface area contributed by atoms with E-state index in [9.17, 15) is 0 Å². The highest BCUT2D eigenvalue weighted by Gasteiger charge is 2.24. The first kappa shape index (κ1) is 16.5. The fraction of sp³-hybridized carbons (Fsp3) is 0.857. The van der Waals surface area contributed by atoms with Gasteiger partial charge in [0.05, 0.1) is 5.75 Å². The van der Waals surface area contributed by atoms with Gasteiger partial charge in [0.1, 0.15) is 0 Å². The van der Waals surface area contributed by atoms with Crippen LogP contribution >= 0.6 is 11.8 Å². The van der Waals surface area contributed by atoms with E-state index in [1.807, 2.05) is 11.8 Å². The molecule has 4 nitrogen and oxygen atoms in total. The third kappa shape index (κ3) is 5.95. The average Bonchev–Trinajstić information content (AvgIpc) is 2.78. The van der Waals surface area contributed by atoms with Crippen LogP contribution in [0.4, 0.5) is 0 Å². The maximum atomic E-state index is 5.70. The summed E-state index contributed by atoms with van der Waals surface area (Å²) in [5.74, 6) is 4.08. The van der Waals surface area contributed by atoms with E-state index in [1.54, 1.807) is 0 Å². The second kappa shape index (κ2) is 7.90. The molecule has 5 heteroatoms. The molecule has 110 valence electrons. The van der Waals surface area contributed by atoms with Crippen molar-refractivity contribution in [2.45, 2.75) is 52.7 Å². The van der Waals surface area contributed by atoms with Crippen molar-refractivity contribution in [1.29, 1.82) is 0 Å². The van der Waals surface area contributed by atoms with E-state index in [1.165, 1.54) is 0 Å². The third-order valence-electron chi connectivity index (χ3n) is 3.39. The molecule has 0 aliphatic heterocycles. The highest BCUT2D eigenvalue weighted by atomic mass is 32.2. The van der Waals surface area contributed by atoms with Gasteiger partial charge in [0, 0.05) is 6.42 Å². The van der Waals surface area contributed by atoms with Crippen LogP contribution in [0.15, 0.2) is 4.52 Å². The van der Waals surface area contributed by atoms with E-state index in [0.29, 0.717) is 5.92 Å². The van der Waals surface area contributed by atoms with Gasteiger partial charge in [-0.15, -0.1) is 0 Å². The Morgan fingerprint density at radius 2 is 2.05 bits per heavy atom. The minimum absolute atomic E-state index is 0.278. The van der Waals surface area contributed by atoms with E-state index in [2.05, 4.69) is 37.8 Å². The highest BCUT2D eigenvalue weighted by molar-refractivity contribution is 7.98. The second-order valence-electron chi connectivity index (χ2n) is 5.92. The normalized spacial score (nSPS) is 13.7. The standard InChI is InChI=1S/C14H27N3OS/c1-5-19-10-12-16-13(18-17-12)7-6-11(8-9-15)14(2,3)4/h11H,5-10,15H2,1-4H3. The summed E-state index contributed by atoms with van der Waals surface area (Å²) in [6, 6.07) is 0. The van der Waals surface area contributed by atoms with Crippen LogP contribution in [0, 0.1) is 11.3 Å². The monoisotopic (exact) mass is 285 g/mol. The van der Waals surface area contributed by atoms with Crippen molar-refractivity contribution in [3.8, 4) is 0 Å². The lowest BCUT2D eigenvalue weighted by Crippen LogP contribution is -2.24. The van der Waals surface area contributed by atoms with Gasteiger partial charge in [-0.25, -0.2) is 0 Å². The summed E-state index contributed by atoms with van der Waals surface area (Å²) in [4.78, 5) is 4.43. The van der Waals surface area contributed by atoms with Crippen molar-refractivity contribution in [2.75, 3.05) is 12.3 Å². The fourth-order valence-corrected chi connectivity index (χ4v) is 2.66. The largest absolute Gasteiger partial charge is 0.339 e. The second-order valence-corrected chi connectivity index (χ2v) is 7.19. The van der Waals surface area contributed by atoms with Crippen LogP contribution in [0.25, 0.3) is 0 Å². The van der Waals surface area contributed by atoms with Gasteiger partial charge >= 0.3 is 0 Å². The predicted molar refractivity (Wildman–Crippen MR) is 81.1 cm³/mol. The maximum Gasteiger partial charge on any atom is 0.226 e. The Bertz CT molecular complexity index is 360. The smallest absolute Gasteiger partial charge is 0.226 e. The maximum absolute atomic E-state index is 5.70. The van der Waals surface area contributed by atoms with E-state index in [-0.39, 0.29) is 5.41 Å². The van der Waals surface area contributed by atoms with Gasteiger partial charge in [0.25, 0.3) is 0 Å². The molecule has 0 bridgehead atoms. The molecular formula is C14H27N3OS. The van der Waals surface area contributed by atoms with Crippen molar-refractivity contribution >= 4 is 11.8 Å². The molecule has 0 fully saturated rings. The first-order valence-electron chi connectivity index (χ1n) is 7.06. The summed E-state index contributed by atoms with van der Waals surface area (Å²) in [6.07, 6.45) is 2.96. The van der Waals surface area contributed by atoms with E-state index < -0.39 is 0 Å². The molecule has 1 aromatic rings. The lowest BCUT2D eigenvalue weighted by molar-refractivity contribution is 0.208. The van der Waals surface area contributed by atoms with Crippen molar-refractivity contribution in [2.24, 2.45) is 17.1 Å². The van der Waals surface area contributed by atoms with Crippen LogP contribution < -0.4 is 5.73 Å². The van der Waals surface area contributed by atoms with Gasteiger partial charge in [-0.05, 0) is 36.5 Å². The van der Waals surface area contributed by atoms with Crippen LogP contribution in [0.3, 0.4) is 0 Å². The SMILES string of the molecule is CCSCc1noc(CCC(CCN)C(C)(C)C)n1. The number of aryl methyl sites for hydroxylation is 1. The zero-order chi connectivity index (χ0) is 14.3. The van der Waals surface area contributed by atoms with E-state index in [4.69, 9.17) is 10.3 Å². The molecule has 0 saturated heterocycles. The average molecular weight is 285 g/mol. The number of hydrogen-bond donors (Lipinski definition) is 1. The molecule has 0 aromatic carbocycles. The minimum Gasteiger partial charge on any atom is -0.339 e. The Balaban J connectivity index is 2.47. The highest BCUT2D eigenvalue weighted by Crippen LogP contribution is 2.32. The van der Waals surface area contributed by atoms with Crippen molar-refractivity contribution in [3.05, 3.63) is 11.7 Å². The fourth-order valence-electron chi connectivity index (χ4n) is 2.15. The molecule has 0 spiro atoms. The van der Waals surface area contributed by atoms with Crippen LogP contribution in [-0.4, -0.2) is 22.4 Å². The van der Waals surface area contributed by atoms with Crippen molar-refractivity contribution < 1.29 is 4.52 Å².